The molecule has 2 aromatic rings. The molecule has 3 rings (SSSR count). The molecule has 0 aromatic heterocycles. The maximum atomic E-state index is 12.9. The number of rotatable bonds is 9. The zero-order chi connectivity index (χ0) is 24.0. The number of anilines is 1. The fourth-order valence-corrected chi connectivity index (χ4v) is 5.37. The fraction of sp³-hybridized carbons (Fsp3) is 0.480. The van der Waals surface area contributed by atoms with Crippen LogP contribution in [-0.4, -0.2) is 44.9 Å². The summed E-state index contributed by atoms with van der Waals surface area (Å²) in [7, 11) is -3.86. The molecule has 1 heterocycles. The van der Waals surface area contributed by atoms with Gasteiger partial charge in [-0.15, -0.1) is 0 Å². The van der Waals surface area contributed by atoms with E-state index in [1.165, 1.54) is 37.5 Å². The summed E-state index contributed by atoms with van der Waals surface area (Å²) in [6.45, 7) is 8.88. The van der Waals surface area contributed by atoms with Gasteiger partial charge in [-0.05, 0) is 101 Å². The lowest BCUT2D eigenvalue weighted by atomic mass is 10.0. The van der Waals surface area contributed by atoms with Crippen molar-refractivity contribution in [3.05, 3.63) is 58.1 Å². The summed E-state index contributed by atoms with van der Waals surface area (Å²) >= 11 is 6.21. The van der Waals surface area contributed by atoms with Gasteiger partial charge >= 0.3 is 0 Å². The number of amides is 1. The first-order valence-electron chi connectivity index (χ1n) is 11.6. The molecule has 2 N–H and O–H groups in total. The quantitative estimate of drug-likeness (QED) is 0.476. The lowest BCUT2D eigenvalue weighted by Gasteiger charge is -2.33. The first kappa shape index (κ1) is 25.5. The highest BCUT2D eigenvalue weighted by Crippen LogP contribution is 2.24. The molecule has 1 aliphatic rings. The third kappa shape index (κ3) is 6.95. The number of piperidine rings is 1. The number of hydrogen-bond donors (Lipinski definition) is 2. The summed E-state index contributed by atoms with van der Waals surface area (Å²) in [4.78, 5) is 15.2. The highest BCUT2D eigenvalue weighted by atomic mass is 35.5. The molecule has 0 saturated carbocycles. The predicted molar refractivity (Wildman–Crippen MR) is 135 cm³/mol. The monoisotopic (exact) mass is 491 g/mol. The Hall–Kier alpha value is -2.09. The van der Waals surface area contributed by atoms with Crippen molar-refractivity contribution in [3.63, 3.8) is 0 Å². The SMILES string of the molecule is Cc1ccc(NS(=O)(=O)c2ccc(Cl)c(C(=O)NCCCCN3CCCCC3C)c2)cc1C. The predicted octanol–water partition coefficient (Wildman–Crippen LogP) is 5.14. The molecule has 1 atom stereocenters. The smallest absolute Gasteiger partial charge is 0.261 e. The Morgan fingerprint density at radius 2 is 1.88 bits per heavy atom. The van der Waals surface area contributed by atoms with E-state index in [1.807, 2.05) is 19.9 Å². The Bertz CT molecular complexity index is 1090. The van der Waals surface area contributed by atoms with Gasteiger partial charge in [0.1, 0.15) is 0 Å². The van der Waals surface area contributed by atoms with Crippen LogP contribution >= 0.6 is 11.6 Å². The minimum absolute atomic E-state index is 0.00522. The molecule has 6 nitrogen and oxygen atoms in total. The number of aryl methyl sites for hydroxylation is 2. The summed E-state index contributed by atoms with van der Waals surface area (Å²) in [6, 6.07) is 10.2. The third-order valence-electron chi connectivity index (χ3n) is 6.35. The van der Waals surface area contributed by atoms with Crippen molar-refractivity contribution in [2.24, 2.45) is 0 Å². The van der Waals surface area contributed by atoms with E-state index < -0.39 is 10.0 Å². The van der Waals surface area contributed by atoms with E-state index in [1.54, 1.807) is 12.1 Å². The van der Waals surface area contributed by atoms with Gasteiger partial charge in [-0.25, -0.2) is 8.42 Å². The molecular formula is C25H34ClN3O3S. The molecule has 0 aliphatic carbocycles. The Balaban J connectivity index is 1.58. The number of carbonyl (C=O) groups is 1. The maximum absolute atomic E-state index is 12.9. The van der Waals surface area contributed by atoms with Crippen LogP contribution in [0.5, 0.6) is 0 Å². The molecule has 0 spiro atoms. The fourth-order valence-electron chi connectivity index (χ4n) is 4.09. The highest BCUT2D eigenvalue weighted by Gasteiger charge is 2.20. The molecular weight excluding hydrogens is 458 g/mol. The molecule has 1 fully saturated rings. The number of nitrogens with zero attached hydrogens (tertiary/aromatic N) is 1. The number of halogens is 1. The van der Waals surface area contributed by atoms with Crippen molar-refractivity contribution < 1.29 is 13.2 Å². The van der Waals surface area contributed by atoms with Crippen molar-refractivity contribution in [2.45, 2.75) is 63.8 Å². The van der Waals surface area contributed by atoms with Crippen LogP contribution in [0.2, 0.25) is 5.02 Å². The first-order chi connectivity index (χ1) is 15.7. The summed E-state index contributed by atoms with van der Waals surface area (Å²) < 4.78 is 28.3. The summed E-state index contributed by atoms with van der Waals surface area (Å²) in [5.74, 6) is -0.366. The average molecular weight is 492 g/mol. The van der Waals surface area contributed by atoms with Crippen LogP contribution < -0.4 is 10.0 Å². The molecule has 2 aromatic carbocycles. The van der Waals surface area contributed by atoms with Crippen LogP contribution in [0.3, 0.4) is 0 Å². The molecule has 1 unspecified atom stereocenters. The molecule has 33 heavy (non-hydrogen) atoms. The van der Waals surface area contributed by atoms with Crippen LogP contribution in [-0.2, 0) is 10.0 Å². The number of hydrogen-bond acceptors (Lipinski definition) is 4. The normalized spacial score (nSPS) is 17.0. The topological polar surface area (TPSA) is 78.5 Å². The van der Waals surface area contributed by atoms with Gasteiger partial charge in [0.05, 0.1) is 15.5 Å². The summed E-state index contributed by atoms with van der Waals surface area (Å²) in [5.41, 5.74) is 2.70. The minimum Gasteiger partial charge on any atom is -0.352 e. The zero-order valence-corrected chi connectivity index (χ0v) is 21.2. The Kier molecular flexibility index (Phi) is 8.79. The van der Waals surface area contributed by atoms with E-state index in [4.69, 9.17) is 11.6 Å². The van der Waals surface area contributed by atoms with E-state index in [2.05, 4.69) is 21.9 Å². The summed E-state index contributed by atoms with van der Waals surface area (Å²) in [5, 5.41) is 3.10. The average Bonchev–Trinajstić information content (AvgIpc) is 2.77. The van der Waals surface area contributed by atoms with E-state index in [0.717, 1.165) is 37.1 Å². The highest BCUT2D eigenvalue weighted by molar-refractivity contribution is 7.92. The molecule has 0 bridgehead atoms. The number of nitrogens with one attached hydrogen (secondary N) is 2. The Morgan fingerprint density at radius 1 is 1.09 bits per heavy atom. The molecule has 1 amide bonds. The second-order valence-electron chi connectivity index (χ2n) is 8.89. The van der Waals surface area contributed by atoms with E-state index in [0.29, 0.717) is 18.3 Å². The first-order valence-corrected chi connectivity index (χ1v) is 13.5. The molecule has 8 heteroatoms. The van der Waals surface area contributed by atoms with E-state index in [9.17, 15) is 13.2 Å². The van der Waals surface area contributed by atoms with Crippen LogP contribution in [0.4, 0.5) is 5.69 Å². The standard InChI is InChI=1S/C25H34ClN3O3S/c1-18-9-10-21(16-19(18)2)28-33(31,32)22-11-12-24(26)23(17-22)25(30)27-13-5-7-15-29-14-6-4-8-20(29)3/h9-12,16-17,20,28H,4-8,13-15H2,1-3H3,(H,27,30). The van der Waals surface area contributed by atoms with E-state index >= 15 is 0 Å². The Morgan fingerprint density at radius 3 is 2.61 bits per heavy atom. The molecule has 1 saturated heterocycles. The number of sulfonamides is 1. The van der Waals surface area contributed by atoms with Gasteiger partial charge in [0.2, 0.25) is 0 Å². The zero-order valence-electron chi connectivity index (χ0n) is 19.7. The lowest BCUT2D eigenvalue weighted by Crippen LogP contribution is -2.38. The second-order valence-corrected chi connectivity index (χ2v) is 11.0. The third-order valence-corrected chi connectivity index (χ3v) is 8.06. The van der Waals surface area contributed by atoms with Crippen LogP contribution in [0.25, 0.3) is 0 Å². The summed E-state index contributed by atoms with van der Waals surface area (Å²) in [6.07, 6.45) is 5.69. The lowest BCUT2D eigenvalue weighted by molar-refractivity contribution is 0.0951. The van der Waals surface area contributed by atoms with Crippen LogP contribution in [0, 0.1) is 13.8 Å². The van der Waals surface area contributed by atoms with Gasteiger partial charge in [0, 0.05) is 18.3 Å². The van der Waals surface area contributed by atoms with Gasteiger partial charge in [-0.2, -0.15) is 0 Å². The molecule has 0 radical (unpaired) electrons. The second kappa shape index (κ2) is 11.4. The van der Waals surface area contributed by atoms with Crippen LogP contribution in [0.1, 0.15) is 60.5 Å². The van der Waals surface area contributed by atoms with Gasteiger partial charge in [-0.1, -0.05) is 24.1 Å². The number of benzene rings is 2. The molecule has 1 aliphatic heterocycles. The Labute approximate surface area is 202 Å². The van der Waals surface area contributed by atoms with Crippen molar-refractivity contribution in [3.8, 4) is 0 Å². The maximum Gasteiger partial charge on any atom is 0.261 e. The largest absolute Gasteiger partial charge is 0.352 e. The van der Waals surface area contributed by atoms with Gasteiger partial charge in [-0.3, -0.25) is 9.52 Å². The van der Waals surface area contributed by atoms with Crippen molar-refractivity contribution in [1.82, 2.24) is 10.2 Å². The van der Waals surface area contributed by atoms with Gasteiger partial charge < -0.3 is 10.2 Å². The van der Waals surface area contributed by atoms with Crippen LogP contribution in [0.15, 0.2) is 41.3 Å². The molecule has 180 valence electrons. The number of likely N-dealkylation sites (tertiary alicyclic amines) is 1. The van der Waals surface area contributed by atoms with E-state index in [-0.39, 0.29) is 21.4 Å². The number of unbranched alkanes of at least 4 members (excludes halogenated alkanes) is 1. The van der Waals surface area contributed by atoms with Crippen molar-refractivity contribution in [1.29, 1.82) is 0 Å². The minimum atomic E-state index is -3.86. The van der Waals surface area contributed by atoms with Gasteiger partial charge in [0.25, 0.3) is 15.9 Å². The van der Waals surface area contributed by atoms with Gasteiger partial charge in [0.15, 0.2) is 0 Å². The van der Waals surface area contributed by atoms with Crippen molar-refractivity contribution >= 4 is 33.2 Å². The van der Waals surface area contributed by atoms with Crippen molar-refractivity contribution in [2.75, 3.05) is 24.4 Å². The number of carbonyl (C=O) groups excluding carboxylic acids is 1.